The number of hydrazine groups is 1. The van der Waals surface area contributed by atoms with Gasteiger partial charge in [0.2, 0.25) is 0 Å². The number of rotatable bonds is 7. The van der Waals surface area contributed by atoms with E-state index < -0.39 is 0 Å². The van der Waals surface area contributed by atoms with Gasteiger partial charge in [-0.25, -0.2) is 0 Å². The highest BCUT2D eigenvalue weighted by Crippen LogP contribution is 2.28. The molecular weight excluding hydrogens is 252 g/mol. The average molecular weight is 280 g/mol. The lowest BCUT2D eigenvalue weighted by Crippen LogP contribution is -2.45. The molecule has 0 aliphatic carbocycles. The van der Waals surface area contributed by atoms with Crippen LogP contribution >= 0.6 is 0 Å². The van der Waals surface area contributed by atoms with Crippen molar-refractivity contribution >= 4 is 0 Å². The Morgan fingerprint density at radius 1 is 1.50 bits per heavy atom. The number of nitrogens with one attached hydrogen (secondary N) is 1. The molecule has 0 bridgehead atoms. The summed E-state index contributed by atoms with van der Waals surface area (Å²) in [4.78, 5) is 0. The van der Waals surface area contributed by atoms with E-state index in [9.17, 15) is 0 Å². The summed E-state index contributed by atoms with van der Waals surface area (Å²) in [6, 6.07) is 2.47. The Balaban J connectivity index is 2.11. The van der Waals surface area contributed by atoms with Crippen LogP contribution in [0.5, 0.6) is 0 Å². The Labute approximate surface area is 121 Å². The number of nitrogens with zero attached hydrogens (tertiary/aromatic N) is 2. The summed E-state index contributed by atoms with van der Waals surface area (Å²) in [5, 5.41) is 4.62. The quantitative estimate of drug-likeness (QED) is 0.589. The van der Waals surface area contributed by atoms with Gasteiger partial charge in [0.05, 0.1) is 11.8 Å². The predicted octanol–water partition coefficient (Wildman–Crippen LogP) is 1.65. The molecule has 5 heteroatoms. The Morgan fingerprint density at radius 3 is 2.90 bits per heavy atom. The van der Waals surface area contributed by atoms with Crippen molar-refractivity contribution in [3.63, 3.8) is 0 Å². The highest BCUT2D eigenvalue weighted by Gasteiger charge is 2.33. The molecule has 0 spiro atoms. The number of hydrogen-bond acceptors (Lipinski definition) is 4. The zero-order valence-electron chi connectivity index (χ0n) is 12.9. The lowest BCUT2D eigenvalue weighted by atomic mass is 9.89. The fourth-order valence-electron chi connectivity index (χ4n) is 3.23. The van der Waals surface area contributed by atoms with Crippen LogP contribution in [-0.4, -0.2) is 28.5 Å². The highest BCUT2D eigenvalue weighted by molar-refractivity contribution is 5.12. The zero-order valence-corrected chi connectivity index (χ0v) is 12.9. The summed E-state index contributed by atoms with van der Waals surface area (Å²) < 4.78 is 7.90. The van der Waals surface area contributed by atoms with Crippen molar-refractivity contribution in [3.8, 4) is 0 Å². The van der Waals surface area contributed by atoms with Crippen LogP contribution in [-0.2, 0) is 24.1 Å². The number of nitrogens with two attached hydrogens (primary N) is 1. The second kappa shape index (κ2) is 7.20. The maximum Gasteiger partial charge on any atom is 0.0624 e. The largest absolute Gasteiger partial charge is 0.378 e. The molecule has 3 atom stereocenters. The van der Waals surface area contributed by atoms with Crippen LogP contribution in [0.2, 0.25) is 0 Å². The smallest absolute Gasteiger partial charge is 0.0624 e. The number of aromatic nitrogens is 2. The topological polar surface area (TPSA) is 65.1 Å². The van der Waals surface area contributed by atoms with E-state index in [4.69, 9.17) is 10.6 Å². The van der Waals surface area contributed by atoms with E-state index in [0.717, 1.165) is 44.5 Å². The molecule has 2 heterocycles. The van der Waals surface area contributed by atoms with Gasteiger partial charge in [-0.3, -0.25) is 16.0 Å². The molecule has 0 radical (unpaired) electrons. The van der Waals surface area contributed by atoms with Gasteiger partial charge in [0, 0.05) is 37.2 Å². The Hall–Kier alpha value is -0.910. The summed E-state index contributed by atoms with van der Waals surface area (Å²) in [5.41, 5.74) is 5.45. The van der Waals surface area contributed by atoms with Gasteiger partial charge in [0.1, 0.15) is 0 Å². The second-order valence-corrected chi connectivity index (χ2v) is 5.54. The third-order valence-corrected chi connectivity index (χ3v) is 4.40. The third-order valence-electron chi connectivity index (χ3n) is 4.40. The molecule has 1 saturated heterocycles. The number of ether oxygens (including phenoxy) is 1. The molecule has 3 N–H and O–H groups in total. The molecule has 2 rings (SSSR count). The molecule has 1 aromatic heterocycles. The summed E-state index contributed by atoms with van der Waals surface area (Å²) in [6.45, 7) is 8.22. The van der Waals surface area contributed by atoms with E-state index in [1.165, 1.54) is 5.69 Å². The van der Waals surface area contributed by atoms with Gasteiger partial charge >= 0.3 is 0 Å². The molecule has 3 unspecified atom stereocenters. The molecule has 0 saturated carbocycles. The van der Waals surface area contributed by atoms with Gasteiger partial charge in [-0.05, 0) is 32.3 Å². The molecule has 1 fully saturated rings. The van der Waals surface area contributed by atoms with Crippen LogP contribution in [0.1, 0.15) is 45.0 Å². The Bertz CT molecular complexity index is 418. The first kappa shape index (κ1) is 15.5. The van der Waals surface area contributed by atoms with Crippen LogP contribution in [0.3, 0.4) is 0 Å². The molecular formula is C15H28N4O. The van der Waals surface area contributed by atoms with Gasteiger partial charge in [0.25, 0.3) is 0 Å². The van der Waals surface area contributed by atoms with Gasteiger partial charge in [-0.2, -0.15) is 5.10 Å². The van der Waals surface area contributed by atoms with Crippen molar-refractivity contribution in [1.82, 2.24) is 15.2 Å². The maximum atomic E-state index is 5.81. The first-order valence-corrected chi connectivity index (χ1v) is 7.86. The summed E-state index contributed by atoms with van der Waals surface area (Å²) in [6.07, 6.45) is 4.37. The van der Waals surface area contributed by atoms with Crippen LogP contribution in [0.15, 0.2) is 6.07 Å². The fourth-order valence-corrected chi connectivity index (χ4v) is 3.23. The van der Waals surface area contributed by atoms with Crippen molar-refractivity contribution in [1.29, 1.82) is 0 Å². The van der Waals surface area contributed by atoms with E-state index in [2.05, 4.69) is 42.0 Å². The van der Waals surface area contributed by atoms with Crippen molar-refractivity contribution in [2.75, 3.05) is 6.61 Å². The van der Waals surface area contributed by atoms with Crippen LogP contribution in [0.25, 0.3) is 0 Å². The predicted molar refractivity (Wildman–Crippen MR) is 80.2 cm³/mol. The van der Waals surface area contributed by atoms with E-state index >= 15 is 0 Å². The standard InChI is InChI=1S/C15H28N4O/c1-4-11-9-12(19(6-3)18-11)10-14(17-16)13-7-8-20-15(13)5-2/h9,13-15,17H,4-8,10,16H2,1-3H3. The number of hydrogen-bond donors (Lipinski definition) is 2. The Morgan fingerprint density at radius 2 is 2.30 bits per heavy atom. The molecule has 1 aliphatic heterocycles. The lowest BCUT2D eigenvalue weighted by molar-refractivity contribution is 0.0772. The van der Waals surface area contributed by atoms with E-state index in [1.807, 2.05) is 0 Å². The van der Waals surface area contributed by atoms with Crippen molar-refractivity contribution in [2.24, 2.45) is 11.8 Å². The summed E-state index contributed by atoms with van der Waals surface area (Å²) in [7, 11) is 0. The third kappa shape index (κ3) is 3.22. The van der Waals surface area contributed by atoms with Crippen LogP contribution in [0, 0.1) is 5.92 Å². The maximum absolute atomic E-state index is 5.81. The van der Waals surface area contributed by atoms with Crippen LogP contribution in [0.4, 0.5) is 0 Å². The average Bonchev–Trinajstić information content (AvgIpc) is 3.10. The van der Waals surface area contributed by atoms with Crippen molar-refractivity contribution in [3.05, 3.63) is 17.5 Å². The van der Waals surface area contributed by atoms with Crippen molar-refractivity contribution < 1.29 is 4.74 Å². The SMILES string of the molecule is CCc1cc(CC(NN)C2CCOC2CC)n(CC)n1. The fraction of sp³-hybridized carbons (Fsp3) is 0.800. The zero-order chi connectivity index (χ0) is 14.5. The monoisotopic (exact) mass is 280 g/mol. The second-order valence-electron chi connectivity index (χ2n) is 5.54. The van der Waals surface area contributed by atoms with Crippen molar-refractivity contribution in [2.45, 2.75) is 65.1 Å². The molecule has 0 aromatic carbocycles. The molecule has 20 heavy (non-hydrogen) atoms. The molecule has 1 aliphatic rings. The minimum Gasteiger partial charge on any atom is -0.378 e. The van der Waals surface area contributed by atoms with E-state index in [1.54, 1.807) is 0 Å². The minimum atomic E-state index is 0.258. The minimum absolute atomic E-state index is 0.258. The molecule has 5 nitrogen and oxygen atoms in total. The molecule has 1 aromatic rings. The lowest BCUT2D eigenvalue weighted by Gasteiger charge is -2.26. The van der Waals surface area contributed by atoms with Gasteiger partial charge in [0.15, 0.2) is 0 Å². The van der Waals surface area contributed by atoms with Gasteiger partial charge in [-0.15, -0.1) is 0 Å². The van der Waals surface area contributed by atoms with Gasteiger partial charge < -0.3 is 4.74 Å². The van der Waals surface area contributed by atoms with E-state index in [0.29, 0.717) is 12.0 Å². The first-order chi connectivity index (χ1) is 9.73. The number of aryl methyl sites for hydroxylation is 2. The summed E-state index contributed by atoms with van der Waals surface area (Å²) in [5.74, 6) is 6.31. The summed E-state index contributed by atoms with van der Waals surface area (Å²) >= 11 is 0. The highest BCUT2D eigenvalue weighted by atomic mass is 16.5. The first-order valence-electron chi connectivity index (χ1n) is 7.86. The van der Waals surface area contributed by atoms with Gasteiger partial charge in [-0.1, -0.05) is 13.8 Å². The molecule has 114 valence electrons. The Kier molecular flexibility index (Phi) is 5.57. The molecule has 0 amide bonds. The normalized spacial score (nSPS) is 24.2. The van der Waals surface area contributed by atoms with Crippen LogP contribution < -0.4 is 11.3 Å². The van der Waals surface area contributed by atoms with E-state index in [-0.39, 0.29) is 6.04 Å².